The van der Waals surface area contributed by atoms with E-state index < -0.39 is 0 Å². The second kappa shape index (κ2) is 6.08. The first-order valence-corrected chi connectivity index (χ1v) is 7.76. The molecular weight excluding hydrogens is 238 g/mol. The Balaban J connectivity index is 2.14. The Labute approximate surface area is 118 Å². The van der Waals surface area contributed by atoms with Gasteiger partial charge in [0.05, 0.1) is 11.6 Å². The third kappa shape index (κ3) is 2.82. The largest absolute Gasteiger partial charge is 0.380 e. The van der Waals surface area contributed by atoms with Gasteiger partial charge in [-0.1, -0.05) is 6.42 Å². The Kier molecular flexibility index (Phi) is 4.88. The molecule has 2 saturated heterocycles. The number of methoxy groups -OCH3 is 1. The van der Waals surface area contributed by atoms with Crippen LogP contribution in [0.2, 0.25) is 0 Å². The molecule has 4 heteroatoms. The van der Waals surface area contributed by atoms with Gasteiger partial charge in [-0.2, -0.15) is 0 Å². The quantitative estimate of drug-likeness (QED) is 0.835. The molecule has 0 saturated carbocycles. The number of ether oxygens (including phenoxy) is 1. The molecule has 2 fully saturated rings. The summed E-state index contributed by atoms with van der Waals surface area (Å²) in [5.74, 6) is 0. The number of fused-ring (bicyclic) bond motifs is 1. The molecular formula is C15H31N3O. The van der Waals surface area contributed by atoms with Crippen molar-refractivity contribution in [2.24, 2.45) is 5.73 Å². The molecule has 0 aromatic carbocycles. The standard InChI is InChI=1S/C15H31N3O/c1-12-9-17-8-6-5-7-14(17)10-18(12)15(3,11-16)13(2)19-4/h12-14H,5-11,16H2,1-4H3. The first kappa shape index (κ1) is 15.2. The highest BCUT2D eigenvalue weighted by molar-refractivity contribution is 5.00. The summed E-state index contributed by atoms with van der Waals surface area (Å²) in [7, 11) is 1.79. The molecule has 0 aromatic heterocycles. The van der Waals surface area contributed by atoms with E-state index in [0.717, 1.165) is 12.6 Å². The Bertz CT molecular complexity index is 299. The fourth-order valence-corrected chi connectivity index (χ4v) is 3.83. The highest BCUT2D eigenvalue weighted by Gasteiger charge is 2.44. The van der Waals surface area contributed by atoms with E-state index in [1.54, 1.807) is 7.11 Å². The minimum atomic E-state index is -0.0578. The summed E-state index contributed by atoms with van der Waals surface area (Å²) >= 11 is 0. The zero-order valence-corrected chi connectivity index (χ0v) is 13.1. The fraction of sp³-hybridized carbons (Fsp3) is 1.00. The average Bonchev–Trinajstić information content (AvgIpc) is 2.44. The summed E-state index contributed by atoms with van der Waals surface area (Å²) in [4.78, 5) is 5.28. The smallest absolute Gasteiger partial charge is 0.0736 e. The second-order valence-corrected chi connectivity index (χ2v) is 6.59. The third-order valence-corrected chi connectivity index (χ3v) is 5.49. The normalized spacial score (nSPS) is 34.6. The van der Waals surface area contributed by atoms with Crippen LogP contribution in [0.5, 0.6) is 0 Å². The van der Waals surface area contributed by atoms with Crippen molar-refractivity contribution in [2.75, 3.05) is 33.3 Å². The van der Waals surface area contributed by atoms with Gasteiger partial charge in [-0.05, 0) is 40.2 Å². The molecule has 4 unspecified atom stereocenters. The molecule has 2 N–H and O–H groups in total. The summed E-state index contributed by atoms with van der Waals surface area (Å²) in [6, 6.07) is 1.28. The van der Waals surface area contributed by atoms with Crippen LogP contribution >= 0.6 is 0 Å². The van der Waals surface area contributed by atoms with Crippen molar-refractivity contribution >= 4 is 0 Å². The predicted octanol–water partition coefficient (Wildman–Crippen LogP) is 1.30. The molecule has 2 aliphatic rings. The molecule has 2 heterocycles. The molecule has 2 aliphatic heterocycles. The van der Waals surface area contributed by atoms with Gasteiger partial charge in [-0.3, -0.25) is 9.80 Å². The van der Waals surface area contributed by atoms with E-state index >= 15 is 0 Å². The van der Waals surface area contributed by atoms with E-state index in [4.69, 9.17) is 10.5 Å². The first-order valence-electron chi connectivity index (χ1n) is 7.76. The van der Waals surface area contributed by atoms with E-state index in [9.17, 15) is 0 Å². The van der Waals surface area contributed by atoms with Crippen molar-refractivity contribution in [2.45, 2.75) is 63.8 Å². The number of piperazine rings is 1. The van der Waals surface area contributed by atoms with Crippen LogP contribution in [0.3, 0.4) is 0 Å². The van der Waals surface area contributed by atoms with Crippen molar-refractivity contribution in [1.29, 1.82) is 0 Å². The number of piperidine rings is 1. The van der Waals surface area contributed by atoms with Crippen molar-refractivity contribution < 1.29 is 4.74 Å². The SMILES string of the molecule is COC(C)C(C)(CN)N1CC2CCCCN2CC1C. The maximum absolute atomic E-state index is 6.11. The van der Waals surface area contributed by atoms with Gasteiger partial charge < -0.3 is 10.5 Å². The van der Waals surface area contributed by atoms with Crippen molar-refractivity contribution in [3.05, 3.63) is 0 Å². The van der Waals surface area contributed by atoms with Crippen molar-refractivity contribution in [3.63, 3.8) is 0 Å². The summed E-state index contributed by atoms with van der Waals surface area (Å²) < 4.78 is 5.61. The number of nitrogens with zero attached hydrogens (tertiary/aromatic N) is 2. The van der Waals surface area contributed by atoms with Crippen LogP contribution in [-0.2, 0) is 4.74 Å². The lowest BCUT2D eigenvalue weighted by molar-refractivity contribution is -0.0918. The maximum atomic E-state index is 6.11. The lowest BCUT2D eigenvalue weighted by Crippen LogP contribution is -2.69. The predicted molar refractivity (Wildman–Crippen MR) is 79.3 cm³/mol. The third-order valence-electron chi connectivity index (χ3n) is 5.49. The van der Waals surface area contributed by atoms with Crippen LogP contribution in [0, 0.1) is 0 Å². The average molecular weight is 269 g/mol. The molecule has 0 amide bonds. The zero-order chi connectivity index (χ0) is 14.0. The van der Waals surface area contributed by atoms with E-state index in [2.05, 4.69) is 30.6 Å². The van der Waals surface area contributed by atoms with Crippen molar-refractivity contribution in [3.8, 4) is 0 Å². The van der Waals surface area contributed by atoms with Crippen LogP contribution < -0.4 is 5.73 Å². The minimum Gasteiger partial charge on any atom is -0.380 e. The first-order chi connectivity index (χ1) is 9.02. The van der Waals surface area contributed by atoms with Crippen LogP contribution in [0.4, 0.5) is 0 Å². The van der Waals surface area contributed by atoms with Gasteiger partial charge in [0.25, 0.3) is 0 Å². The Morgan fingerprint density at radius 3 is 2.74 bits per heavy atom. The molecule has 0 aromatic rings. The van der Waals surface area contributed by atoms with Crippen LogP contribution in [0.15, 0.2) is 0 Å². The molecule has 2 rings (SSSR count). The monoisotopic (exact) mass is 269 g/mol. The van der Waals surface area contributed by atoms with Gasteiger partial charge in [-0.15, -0.1) is 0 Å². The minimum absolute atomic E-state index is 0.0578. The van der Waals surface area contributed by atoms with Gasteiger partial charge in [-0.25, -0.2) is 0 Å². The molecule has 0 bridgehead atoms. The van der Waals surface area contributed by atoms with E-state index in [1.807, 2.05) is 0 Å². The highest BCUT2D eigenvalue weighted by Crippen LogP contribution is 2.31. The summed E-state index contributed by atoms with van der Waals surface area (Å²) in [5, 5.41) is 0. The van der Waals surface area contributed by atoms with Crippen molar-refractivity contribution in [1.82, 2.24) is 9.80 Å². The topological polar surface area (TPSA) is 41.7 Å². The summed E-state index contributed by atoms with van der Waals surface area (Å²) in [5.41, 5.74) is 6.05. The lowest BCUT2D eigenvalue weighted by atomic mass is 9.87. The van der Waals surface area contributed by atoms with E-state index in [-0.39, 0.29) is 11.6 Å². The second-order valence-electron chi connectivity index (χ2n) is 6.59. The van der Waals surface area contributed by atoms with Crippen LogP contribution in [-0.4, -0.2) is 66.8 Å². The highest BCUT2D eigenvalue weighted by atomic mass is 16.5. The van der Waals surface area contributed by atoms with Gasteiger partial charge >= 0.3 is 0 Å². The maximum Gasteiger partial charge on any atom is 0.0736 e. The van der Waals surface area contributed by atoms with Gasteiger partial charge in [0.1, 0.15) is 0 Å². The summed E-state index contributed by atoms with van der Waals surface area (Å²) in [6.07, 6.45) is 4.25. The van der Waals surface area contributed by atoms with E-state index in [0.29, 0.717) is 12.6 Å². The Hall–Kier alpha value is -0.160. The number of rotatable bonds is 4. The van der Waals surface area contributed by atoms with E-state index in [1.165, 1.54) is 32.4 Å². The molecule has 4 atom stereocenters. The van der Waals surface area contributed by atoms with Crippen LogP contribution in [0.25, 0.3) is 0 Å². The molecule has 112 valence electrons. The molecule has 4 nitrogen and oxygen atoms in total. The Morgan fingerprint density at radius 1 is 1.37 bits per heavy atom. The van der Waals surface area contributed by atoms with Gasteiger partial charge in [0.15, 0.2) is 0 Å². The fourth-order valence-electron chi connectivity index (χ4n) is 3.83. The number of hydrogen-bond acceptors (Lipinski definition) is 4. The molecule has 0 spiro atoms. The van der Waals surface area contributed by atoms with Gasteiger partial charge in [0, 0.05) is 38.8 Å². The van der Waals surface area contributed by atoms with Gasteiger partial charge in [0.2, 0.25) is 0 Å². The number of nitrogens with two attached hydrogens (primary N) is 1. The number of hydrogen-bond donors (Lipinski definition) is 1. The lowest BCUT2D eigenvalue weighted by Gasteiger charge is -2.55. The molecule has 0 aliphatic carbocycles. The van der Waals surface area contributed by atoms with Crippen LogP contribution in [0.1, 0.15) is 40.0 Å². The Morgan fingerprint density at radius 2 is 2.11 bits per heavy atom. The molecule has 0 radical (unpaired) electrons. The summed E-state index contributed by atoms with van der Waals surface area (Å²) in [6.45, 7) is 11.0. The molecule has 19 heavy (non-hydrogen) atoms. The zero-order valence-electron chi connectivity index (χ0n) is 13.1.